The number of benzene rings is 2. The zero-order valence-electron chi connectivity index (χ0n) is 17.2. The molecule has 2 rings (SSSR count). The molecule has 0 radical (unpaired) electrons. The van der Waals surface area contributed by atoms with Gasteiger partial charge in [-0.15, -0.1) is 0 Å². The molecule has 0 aliphatic carbocycles. The Balaban J connectivity index is 1.76. The Morgan fingerprint density at radius 2 is 1.68 bits per heavy atom. The number of esters is 1. The van der Waals surface area contributed by atoms with Gasteiger partial charge in [0, 0.05) is 12.2 Å². The third kappa shape index (κ3) is 6.41. The van der Waals surface area contributed by atoms with Crippen LogP contribution < -0.4 is 10.6 Å². The van der Waals surface area contributed by atoms with E-state index in [2.05, 4.69) is 43.5 Å². The molecule has 0 aromatic heterocycles. The van der Waals surface area contributed by atoms with Crippen LogP contribution >= 0.6 is 0 Å². The highest BCUT2D eigenvalue weighted by molar-refractivity contribution is 5.83. The van der Waals surface area contributed by atoms with Crippen molar-refractivity contribution >= 4 is 17.6 Å². The van der Waals surface area contributed by atoms with E-state index < -0.39 is 12.0 Å². The monoisotopic (exact) mass is 382 g/mol. The molecule has 0 heterocycles. The summed E-state index contributed by atoms with van der Waals surface area (Å²) in [4.78, 5) is 24.3. The van der Waals surface area contributed by atoms with Crippen LogP contribution in [0.15, 0.2) is 42.5 Å². The number of carbonyl (C=O) groups excluding carboxylic acids is 2. The summed E-state index contributed by atoms with van der Waals surface area (Å²) in [6.07, 6.45) is 1.33. The van der Waals surface area contributed by atoms with Crippen LogP contribution in [0.25, 0.3) is 0 Å². The van der Waals surface area contributed by atoms with E-state index in [1.807, 2.05) is 37.3 Å². The summed E-state index contributed by atoms with van der Waals surface area (Å²) in [5.74, 6) is -0.711. The standard InChI is InChI=1S/C23H30N2O3/c1-5-21(25-19-9-7-6-8-10-19)23(27)28-15-22(26)24-12-11-20-17(3)13-16(2)14-18(20)4/h6-10,13-14,21,25H,5,11-12,15H2,1-4H3,(H,24,26)/t21-/m0/s1. The fraction of sp³-hybridized carbons (Fsp3) is 0.391. The predicted octanol–water partition coefficient (Wildman–Crippen LogP) is 3.70. The summed E-state index contributed by atoms with van der Waals surface area (Å²) in [5.41, 5.74) is 5.80. The second-order valence-corrected chi connectivity index (χ2v) is 7.06. The number of carbonyl (C=O) groups is 2. The zero-order chi connectivity index (χ0) is 20.5. The number of hydrogen-bond acceptors (Lipinski definition) is 4. The fourth-order valence-corrected chi connectivity index (χ4v) is 3.28. The summed E-state index contributed by atoms with van der Waals surface area (Å²) < 4.78 is 5.18. The lowest BCUT2D eigenvalue weighted by Crippen LogP contribution is -2.35. The first-order valence-corrected chi connectivity index (χ1v) is 9.72. The van der Waals surface area contributed by atoms with Crippen molar-refractivity contribution in [3.63, 3.8) is 0 Å². The summed E-state index contributed by atoms with van der Waals surface area (Å²) in [6, 6.07) is 13.3. The molecule has 0 saturated carbocycles. The quantitative estimate of drug-likeness (QED) is 0.649. The van der Waals surface area contributed by atoms with Crippen molar-refractivity contribution in [2.75, 3.05) is 18.5 Å². The molecule has 2 aromatic rings. The zero-order valence-corrected chi connectivity index (χ0v) is 17.2. The molecule has 1 atom stereocenters. The largest absolute Gasteiger partial charge is 0.454 e. The van der Waals surface area contributed by atoms with Gasteiger partial charge in [-0.25, -0.2) is 4.79 Å². The Morgan fingerprint density at radius 1 is 1.04 bits per heavy atom. The Hall–Kier alpha value is -2.82. The molecule has 5 nitrogen and oxygen atoms in total. The van der Waals surface area contributed by atoms with Crippen molar-refractivity contribution in [2.45, 2.75) is 46.6 Å². The predicted molar refractivity (Wildman–Crippen MR) is 112 cm³/mol. The summed E-state index contributed by atoms with van der Waals surface area (Å²) in [5, 5.41) is 5.95. The minimum Gasteiger partial charge on any atom is -0.454 e. The topological polar surface area (TPSA) is 67.4 Å². The van der Waals surface area contributed by atoms with Crippen LogP contribution in [-0.4, -0.2) is 31.1 Å². The molecule has 0 fully saturated rings. The van der Waals surface area contributed by atoms with E-state index in [-0.39, 0.29) is 12.5 Å². The maximum Gasteiger partial charge on any atom is 0.329 e. The van der Waals surface area contributed by atoms with Crippen LogP contribution in [0.4, 0.5) is 5.69 Å². The van der Waals surface area contributed by atoms with Crippen molar-refractivity contribution in [1.82, 2.24) is 5.32 Å². The number of anilines is 1. The van der Waals surface area contributed by atoms with Gasteiger partial charge in [0.25, 0.3) is 5.91 Å². The second-order valence-electron chi connectivity index (χ2n) is 7.06. The van der Waals surface area contributed by atoms with Gasteiger partial charge < -0.3 is 15.4 Å². The third-order valence-electron chi connectivity index (χ3n) is 4.69. The number of para-hydroxylation sites is 1. The van der Waals surface area contributed by atoms with Crippen LogP contribution in [0.5, 0.6) is 0 Å². The van der Waals surface area contributed by atoms with E-state index >= 15 is 0 Å². The Bertz CT molecular complexity index is 780. The molecule has 0 aliphatic rings. The van der Waals surface area contributed by atoms with Crippen molar-refractivity contribution in [2.24, 2.45) is 0 Å². The minimum absolute atomic E-state index is 0.266. The van der Waals surface area contributed by atoms with E-state index in [4.69, 9.17) is 4.74 Å². The normalized spacial score (nSPS) is 11.6. The first-order valence-electron chi connectivity index (χ1n) is 9.72. The van der Waals surface area contributed by atoms with E-state index in [1.165, 1.54) is 22.3 Å². The van der Waals surface area contributed by atoms with Crippen LogP contribution in [0, 0.1) is 20.8 Å². The van der Waals surface area contributed by atoms with Gasteiger partial charge in [0.15, 0.2) is 6.61 Å². The highest BCUT2D eigenvalue weighted by Gasteiger charge is 2.19. The summed E-state index contributed by atoms with van der Waals surface area (Å²) in [7, 11) is 0. The minimum atomic E-state index is -0.479. The van der Waals surface area contributed by atoms with E-state index in [9.17, 15) is 9.59 Å². The molecule has 0 saturated heterocycles. The maximum atomic E-state index is 12.2. The van der Waals surface area contributed by atoms with E-state index in [1.54, 1.807) is 0 Å². The fourth-order valence-electron chi connectivity index (χ4n) is 3.28. The number of ether oxygens (including phenoxy) is 1. The Labute approximate surface area is 167 Å². The lowest BCUT2D eigenvalue weighted by molar-refractivity contribution is -0.149. The molecule has 0 unspecified atom stereocenters. The molecule has 1 amide bonds. The molecule has 2 aromatic carbocycles. The van der Waals surface area contributed by atoms with Gasteiger partial charge in [-0.3, -0.25) is 4.79 Å². The highest BCUT2D eigenvalue weighted by Crippen LogP contribution is 2.16. The van der Waals surface area contributed by atoms with E-state index in [0.717, 1.165) is 12.1 Å². The summed E-state index contributed by atoms with van der Waals surface area (Å²) >= 11 is 0. The molecule has 28 heavy (non-hydrogen) atoms. The molecule has 2 N–H and O–H groups in total. The lowest BCUT2D eigenvalue weighted by Gasteiger charge is -2.17. The third-order valence-corrected chi connectivity index (χ3v) is 4.69. The smallest absolute Gasteiger partial charge is 0.329 e. The lowest BCUT2D eigenvalue weighted by atomic mass is 9.97. The molecule has 5 heteroatoms. The van der Waals surface area contributed by atoms with Crippen LogP contribution in [0.1, 0.15) is 35.6 Å². The van der Waals surface area contributed by atoms with Gasteiger partial charge >= 0.3 is 5.97 Å². The Morgan fingerprint density at radius 3 is 2.29 bits per heavy atom. The van der Waals surface area contributed by atoms with Gasteiger partial charge in [0.1, 0.15) is 6.04 Å². The molecule has 0 spiro atoms. The van der Waals surface area contributed by atoms with Crippen molar-refractivity contribution in [3.8, 4) is 0 Å². The highest BCUT2D eigenvalue weighted by atomic mass is 16.5. The van der Waals surface area contributed by atoms with Crippen LogP contribution in [0.2, 0.25) is 0 Å². The number of amides is 1. The molecule has 0 aliphatic heterocycles. The molecule has 0 bridgehead atoms. The Kier molecular flexibility index (Phi) is 8.05. The first-order chi connectivity index (χ1) is 13.4. The number of hydrogen-bond donors (Lipinski definition) is 2. The van der Waals surface area contributed by atoms with Gasteiger partial charge in [-0.1, -0.05) is 42.8 Å². The van der Waals surface area contributed by atoms with Gasteiger partial charge in [-0.2, -0.15) is 0 Å². The first kappa shape index (κ1) is 21.5. The van der Waals surface area contributed by atoms with Crippen molar-refractivity contribution < 1.29 is 14.3 Å². The summed E-state index contributed by atoms with van der Waals surface area (Å²) in [6.45, 7) is 8.40. The number of rotatable bonds is 9. The van der Waals surface area contributed by atoms with Crippen LogP contribution in [-0.2, 0) is 20.7 Å². The maximum absolute atomic E-state index is 12.2. The second kappa shape index (κ2) is 10.5. The molecular weight excluding hydrogens is 352 g/mol. The SMILES string of the molecule is CC[C@H](Nc1ccccc1)C(=O)OCC(=O)NCCc1c(C)cc(C)cc1C. The van der Waals surface area contributed by atoms with Crippen molar-refractivity contribution in [1.29, 1.82) is 0 Å². The molecular formula is C23H30N2O3. The van der Waals surface area contributed by atoms with Crippen molar-refractivity contribution in [3.05, 3.63) is 64.7 Å². The average Bonchev–Trinajstić information content (AvgIpc) is 2.67. The van der Waals surface area contributed by atoms with Gasteiger partial charge in [0.05, 0.1) is 0 Å². The van der Waals surface area contributed by atoms with Gasteiger partial charge in [-0.05, 0) is 62.4 Å². The molecule has 150 valence electrons. The van der Waals surface area contributed by atoms with Crippen LogP contribution in [0.3, 0.4) is 0 Å². The number of nitrogens with one attached hydrogen (secondary N) is 2. The van der Waals surface area contributed by atoms with Gasteiger partial charge in [0.2, 0.25) is 0 Å². The number of aryl methyl sites for hydroxylation is 3. The average molecular weight is 383 g/mol. The van der Waals surface area contributed by atoms with E-state index in [0.29, 0.717) is 13.0 Å².